The molecule has 0 saturated carbocycles. The Kier molecular flexibility index (Phi) is 6.80. The molecular formula is C23H30N2O3. The topological polar surface area (TPSA) is 50.8 Å². The zero-order valence-corrected chi connectivity index (χ0v) is 17.0. The molecule has 150 valence electrons. The Bertz CT molecular complexity index is 781. The van der Waals surface area contributed by atoms with Crippen LogP contribution in [0.3, 0.4) is 0 Å². The normalized spacial score (nSPS) is 14.1. The Balaban J connectivity index is 1.65. The van der Waals surface area contributed by atoms with Gasteiger partial charge < -0.3 is 19.7 Å². The van der Waals surface area contributed by atoms with Crippen LogP contribution in [0, 0.1) is 5.92 Å². The number of hydrogen-bond donors (Lipinski definition) is 1. The fraction of sp³-hybridized carbons (Fsp3) is 0.435. The molecule has 1 heterocycles. The minimum absolute atomic E-state index is 0.167. The summed E-state index contributed by atoms with van der Waals surface area (Å²) in [6, 6.07) is 13.3. The second-order valence-corrected chi connectivity index (χ2v) is 7.62. The summed E-state index contributed by atoms with van der Waals surface area (Å²) < 4.78 is 11.1. The van der Waals surface area contributed by atoms with E-state index in [4.69, 9.17) is 9.47 Å². The molecule has 0 aliphatic carbocycles. The fourth-order valence-corrected chi connectivity index (χ4v) is 3.30. The molecule has 1 amide bonds. The van der Waals surface area contributed by atoms with Gasteiger partial charge in [-0.3, -0.25) is 4.79 Å². The highest BCUT2D eigenvalue weighted by Crippen LogP contribution is 2.29. The number of rotatable bonds is 7. The van der Waals surface area contributed by atoms with Gasteiger partial charge in [-0.25, -0.2) is 0 Å². The van der Waals surface area contributed by atoms with Crippen LogP contribution in [0.25, 0.3) is 0 Å². The van der Waals surface area contributed by atoms with Crippen LogP contribution in [-0.2, 0) is 0 Å². The Labute approximate surface area is 167 Å². The molecule has 0 aromatic heterocycles. The lowest BCUT2D eigenvalue weighted by atomic mass is 10.1. The Morgan fingerprint density at radius 3 is 2.39 bits per heavy atom. The number of nitrogens with one attached hydrogen (secondary N) is 1. The van der Waals surface area contributed by atoms with E-state index in [1.807, 2.05) is 12.1 Å². The van der Waals surface area contributed by atoms with Crippen LogP contribution in [-0.4, -0.2) is 32.7 Å². The van der Waals surface area contributed by atoms with Crippen molar-refractivity contribution in [2.75, 3.05) is 37.0 Å². The smallest absolute Gasteiger partial charge is 0.255 e. The van der Waals surface area contributed by atoms with Crippen molar-refractivity contribution in [1.82, 2.24) is 0 Å². The summed E-state index contributed by atoms with van der Waals surface area (Å²) in [5, 5.41) is 2.96. The number of ether oxygens (including phenoxy) is 2. The van der Waals surface area contributed by atoms with Crippen molar-refractivity contribution < 1.29 is 14.3 Å². The summed E-state index contributed by atoms with van der Waals surface area (Å²) in [6.07, 6.45) is 3.81. The third-order valence-electron chi connectivity index (χ3n) is 4.84. The average Bonchev–Trinajstić information content (AvgIpc) is 2.73. The van der Waals surface area contributed by atoms with Gasteiger partial charge in [0.15, 0.2) is 11.5 Å². The number of benzene rings is 2. The second-order valence-electron chi connectivity index (χ2n) is 7.62. The molecule has 3 rings (SSSR count). The largest absolute Gasteiger partial charge is 0.493 e. The number of amides is 1. The predicted molar refractivity (Wildman–Crippen MR) is 114 cm³/mol. The van der Waals surface area contributed by atoms with Crippen molar-refractivity contribution in [3.63, 3.8) is 0 Å². The molecule has 1 aliphatic rings. The zero-order valence-electron chi connectivity index (χ0n) is 17.0. The van der Waals surface area contributed by atoms with Gasteiger partial charge in [-0.2, -0.15) is 0 Å². The maximum absolute atomic E-state index is 12.6. The standard InChI is InChI=1S/C23H30N2O3/c1-17(2)16-28-21-12-7-18(15-22(21)27-3)23(26)24-19-8-10-20(11-9-19)25-13-5-4-6-14-25/h7-12,15,17H,4-6,13-14,16H2,1-3H3,(H,24,26). The van der Waals surface area contributed by atoms with Crippen LogP contribution in [0.4, 0.5) is 11.4 Å². The van der Waals surface area contributed by atoms with Gasteiger partial charge in [0.2, 0.25) is 0 Å². The molecule has 0 atom stereocenters. The summed E-state index contributed by atoms with van der Waals surface area (Å²) in [7, 11) is 1.58. The van der Waals surface area contributed by atoms with E-state index in [9.17, 15) is 4.79 Å². The Morgan fingerprint density at radius 2 is 1.75 bits per heavy atom. The number of carbonyl (C=O) groups is 1. The quantitative estimate of drug-likeness (QED) is 0.734. The lowest BCUT2D eigenvalue weighted by molar-refractivity contribution is 0.102. The maximum atomic E-state index is 12.6. The molecule has 1 fully saturated rings. The van der Waals surface area contributed by atoms with Gasteiger partial charge in [0.05, 0.1) is 13.7 Å². The van der Waals surface area contributed by atoms with Crippen molar-refractivity contribution in [3.8, 4) is 11.5 Å². The Hall–Kier alpha value is -2.69. The maximum Gasteiger partial charge on any atom is 0.255 e. The van der Waals surface area contributed by atoms with Crippen molar-refractivity contribution in [2.24, 2.45) is 5.92 Å². The zero-order chi connectivity index (χ0) is 19.9. The summed E-state index contributed by atoms with van der Waals surface area (Å²) in [5.41, 5.74) is 2.53. The van der Waals surface area contributed by atoms with Gasteiger partial charge in [-0.15, -0.1) is 0 Å². The molecule has 2 aromatic rings. The number of hydrogen-bond acceptors (Lipinski definition) is 4. The van der Waals surface area contributed by atoms with E-state index in [0.29, 0.717) is 29.6 Å². The van der Waals surface area contributed by atoms with E-state index in [0.717, 1.165) is 18.8 Å². The summed E-state index contributed by atoms with van der Waals surface area (Å²) in [4.78, 5) is 15.0. The summed E-state index contributed by atoms with van der Waals surface area (Å²) in [6.45, 7) is 6.99. The van der Waals surface area contributed by atoms with Crippen molar-refractivity contribution in [2.45, 2.75) is 33.1 Å². The van der Waals surface area contributed by atoms with Gasteiger partial charge in [-0.05, 0) is 67.6 Å². The van der Waals surface area contributed by atoms with E-state index in [2.05, 4.69) is 36.2 Å². The van der Waals surface area contributed by atoms with Crippen LogP contribution in [0.5, 0.6) is 11.5 Å². The minimum atomic E-state index is -0.167. The van der Waals surface area contributed by atoms with E-state index in [-0.39, 0.29) is 5.91 Å². The van der Waals surface area contributed by atoms with Gasteiger partial charge in [0, 0.05) is 30.0 Å². The molecule has 1 aliphatic heterocycles. The fourth-order valence-electron chi connectivity index (χ4n) is 3.30. The van der Waals surface area contributed by atoms with Crippen LogP contribution < -0.4 is 19.7 Å². The minimum Gasteiger partial charge on any atom is -0.493 e. The number of carbonyl (C=O) groups excluding carboxylic acids is 1. The number of piperidine rings is 1. The monoisotopic (exact) mass is 382 g/mol. The summed E-state index contributed by atoms with van der Waals surface area (Å²) >= 11 is 0. The van der Waals surface area contributed by atoms with Crippen molar-refractivity contribution in [1.29, 1.82) is 0 Å². The highest BCUT2D eigenvalue weighted by Gasteiger charge is 2.13. The predicted octanol–water partition coefficient (Wildman–Crippen LogP) is 4.97. The summed E-state index contributed by atoms with van der Waals surface area (Å²) in [5.74, 6) is 1.47. The first-order valence-corrected chi connectivity index (χ1v) is 10.0. The molecule has 5 nitrogen and oxygen atoms in total. The first kappa shape index (κ1) is 20.1. The first-order chi connectivity index (χ1) is 13.6. The highest BCUT2D eigenvalue weighted by atomic mass is 16.5. The van der Waals surface area contributed by atoms with Crippen LogP contribution >= 0.6 is 0 Å². The van der Waals surface area contributed by atoms with E-state index < -0.39 is 0 Å². The van der Waals surface area contributed by atoms with Gasteiger partial charge in [0.25, 0.3) is 5.91 Å². The highest BCUT2D eigenvalue weighted by molar-refractivity contribution is 6.04. The van der Waals surface area contributed by atoms with Crippen LogP contribution in [0.2, 0.25) is 0 Å². The molecule has 28 heavy (non-hydrogen) atoms. The lowest BCUT2D eigenvalue weighted by Crippen LogP contribution is -2.29. The van der Waals surface area contributed by atoms with E-state index in [1.165, 1.54) is 24.9 Å². The number of methoxy groups -OCH3 is 1. The average molecular weight is 383 g/mol. The molecule has 0 unspecified atom stereocenters. The lowest BCUT2D eigenvalue weighted by Gasteiger charge is -2.28. The number of nitrogens with zero attached hydrogens (tertiary/aromatic N) is 1. The van der Waals surface area contributed by atoms with Crippen molar-refractivity contribution >= 4 is 17.3 Å². The molecule has 1 N–H and O–H groups in total. The number of anilines is 2. The third-order valence-corrected chi connectivity index (χ3v) is 4.84. The van der Waals surface area contributed by atoms with Crippen LogP contribution in [0.1, 0.15) is 43.5 Å². The third kappa shape index (κ3) is 5.18. The van der Waals surface area contributed by atoms with Gasteiger partial charge in [0.1, 0.15) is 0 Å². The molecule has 2 aromatic carbocycles. The molecule has 0 bridgehead atoms. The van der Waals surface area contributed by atoms with E-state index in [1.54, 1.807) is 25.3 Å². The second kappa shape index (κ2) is 9.49. The molecular weight excluding hydrogens is 352 g/mol. The molecule has 0 radical (unpaired) electrons. The Morgan fingerprint density at radius 1 is 1.04 bits per heavy atom. The molecule has 1 saturated heterocycles. The molecule has 5 heteroatoms. The van der Waals surface area contributed by atoms with Gasteiger partial charge in [-0.1, -0.05) is 13.8 Å². The van der Waals surface area contributed by atoms with Gasteiger partial charge >= 0.3 is 0 Å². The SMILES string of the molecule is COc1cc(C(=O)Nc2ccc(N3CCCCC3)cc2)ccc1OCC(C)C. The van der Waals surface area contributed by atoms with E-state index >= 15 is 0 Å². The first-order valence-electron chi connectivity index (χ1n) is 10.0. The molecule has 0 spiro atoms. The van der Waals surface area contributed by atoms with Crippen molar-refractivity contribution in [3.05, 3.63) is 48.0 Å². The van der Waals surface area contributed by atoms with Crippen LogP contribution in [0.15, 0.2) is 42.5 Å².